The molecule has 1 aliphatic carbocycles. The van der Waals surface area contributed by atoms with E-state index in [9.17, 15) is 19.3 Å². The third-order valence-electron chi connectivity index (χ3n) is 4.11. The van der Waals surface area contributed by atoms with Crippen molar-refractivity contribution in [2.45, 2.75) is 58.2 Å². The van der Waals surface area contributed by atoms with Crippen LogP contribution in [0.5, 0.6) is 0 Å². The molecule has 1 fully saturated rings. The van der Waals surface area contributed by atoms with Crippen molar-refractivity contribution in [1.82, 2.24) is 20.9 Å². The van der Waals surface area contributed by atoms with Gasteiger partial charge < -0.3 is 24.2 Å². The summed E-state index contributed by atoms with van der Waals surface area (Å²) < 4.78 is 28.9. The van der Waals surface area contributed by atoms with Crippen molar-refractivity contribution in [3.05, 3.63) is 11.6 Å². The summed E-state index contributed by atoms with van der Waals surface area (Å²) in [6, 6.07) is -0.617. The first-order valence-corrected chi connectivity index (χ1v) is 10.6. The number of rotatable bonds is 8. The van der Waals surface area contributed by atoms with Gasteiger partial charge in [-0.2, -0.15) is 0 Å². The molecule has 0 bridgehead atoms. The smallest absolute Gasteiger partial charge is 0.408 e. The zero-order valence-corrected chi connectivity index (χ0v) is 17.9. The summed E-state index contributed by atoms with van der Waals surface area (Å²) in [4.78, 5) is 23.9. The van der Waals surface area contributed by atoms with Gasteiger partial charge >= 0.3 is 19.7 Å². The molecule has 11 nitrogen and oxygen atoms in total. The molecule has 3 N–H and O–H groups in total. The Hall–Kier alpha value is -1.81. The highest BCUT2D eigenvalue weighted by Gasteiger charge is 2.66. The highest BCUT2D eigenvalue weighted by Crippen LogP contribution is 2.58. The fraction of sp³-hybridized carbons (Fsp3) is 0.750. The van der Waals surface area contributed by atoms with Crippen molar-refractivity contribution < 1.29 is 33.0 Å². The Morgan fingerprint density at radius 1 is 1.36 bits per heavy atom. The lowest BCUT2D eigenvalue weighted by atomic mass is 10.2. The summed E-state index contributed by atoms with van der Waals surface area (Å²) in [6.45, 7) is 8.84. The number of ether oxygens (including phenoxy) is 1. The highest BCUT2D eigenvalue weighted by molar-refractivity contribution is 7.58. The van der Waals surface area contributed by atoms with Gasteiger partial charge in [0, 0.05) is 13.5 Å². The number of carboxylic acid groups (broad SMARTS) is 1. The highest BCUT2D eigenvalue weighted by atomic mass is 31.2. The summed E-state index contributed by atoms with van der Waals surface area (Å²) >= 11 is 0. The molecule has 2 rings (SSSR count). The van der Waals surface area contributed by atoms with E-state index in [0.29, 0.717) is 0 Å². The maximum atomic E-state index is 13.0. The van der Waals surface area contributed by atoms with Crippen LogP contribution in [0, 0.1) is 0 Å². The third kappa shape index (κ3) is 4.60. The number of alkyl carbamates (subject to hydrolysis) is 1. The van der Waals surface area contributed by atoms with Gasteiger partial charge in [0.15, 0.2) is 11.0 Å². The Morgan fingerprint density at radius 2 is 1.93 bits per heavy atom. The summed E-state index contributed by atoms with van der Waals surface area (Å²) in [5.74, 6) is -1.19. The van der Waals surface area contributed by atoms with Crippen LogP contribution in [0.2, 0.25) is 0 Å². The van der Waals surface area contributed by atoms with Gasteiger partial charge in [0.05, 0.1) is 25.5 Å². The number of hydrogen-bond acceptors (Lipinski definition) is 9. The van der Waals surface area contributed by atoms with Crippen LogP contribution in [0.3, 0.4) is 0 Å². The number of carboxylic acids is 1. The van der Waals surface area contributed by atoms with Crippen LogP contribution >= 0.6 is 7.60 Å². The Kier molecular flexibility index (Phi) is 6.34. The lowest BCUT2D eigenvalue weighted by molar-refractivity contribution is -0.141. The molecule has 0 aromatic rings. The van der Waals surface area contributed by atoms with E-state index in [2.05, 4.69) is 10.9 Å². The van der Waals surface area contributed by atoms with Crippen molar-refractivity contribution in [1.29, 1.82) is 0 Å². The molecule has 160 valence electrons. The standard InChI is InChI=1S/C16H29N4O7P/c1-7-25-28(24,26-8-2)12-10-20(18-19(12)6)11-9-16(11,13(21)22)17-14(23)27-15(3,4)5/h10-11,18H,7-9H2,1-6H3,(H,17,23)(H,21,22). The van der Waals surface area contributed by atoms with Crippen molar-refractivity contribution in [3.8, 4) is 0 Å². The molecule has 2 unspecified atom stereocenters. The molecular weight excluding hydrogens is 391 g/mol. The molecule has 2 atom stereocenters. The minimum absolute atomic E-state index is 0.139. The molecule has 1 heterocycles. The number of carbonyl (C=O) groups is 2. The van der Waals surface area contributed by atoms with Crippen LogP contribution in [0.25, 0.3) is 0 Å². The van der Waals surface area contributed by atoms with Gasteiger partial charge in [0.25, 0.3) is 0 Å². The Balaban J connectivity index is 2.19. The van der Waals surface area contributed by atoms with Crippen molar-refractivity contribution in [2.75, 3.05) is 20.3 Å². The Labute approximate surface area is 164 Å². The fourth-order valence-electron chi connectivity index (χ4n) is 2.87. The molecular formula is C16H29N4O7P. The minimum Gasteiger partial charge on any atom is -0.479 e. The quantitative estimate of drug-likeness (QED) is 0.500. The maximum absolute atomic E-state index is 13.0. The minimum atomic E-state index is -3.57. The van der Waals surface area contributed by atoms with Gasteiger partial charge in [-0.1, -0.05) is 0 Å². The van der Waals surface area contributed by atoms with E-state index in [0.717, 1.165) is 0 Å². The lowest BCUT2D eigenvalue weighted by Gasteiger charge is -2.25. The third-order valence-corrected chi connectivity index (χ3v) is 6.28. The van der Waals surface area contributed by atoms with Crippen LogP contribution in [0.15, 0.2) is 11.6 Å². The molecule has 1 aliphatic heterocycles. The van der Waals surface area contributed by atoms with E-state index in [4.69, 9.17) is 13.8 Å². The van der Waals surface area contributed by atoms with Crippen molar-refractivity contribution in [3.63, 3.8) is 0 Å². The predicted molar refractivity (Wildman–Crippen MR) is 99.8 cm³/mol. The van der Waals surface area contributed by atoms with E-state index >= 15 is 0 Å². The largest absolute Gasteiger partial charge is 0.479 e. The van der Waals surface area contributed by atoms with Crippen LogP contribution in [0.4, 0.5) is 4.79 Å². The molecule has 0 spiro atoms. The molecule has 0 aromatic carbocycles. The molecule has 0 saturated heterocycles. The molecule has 1 amide bonds. The predicted octanol–water partition coefficient (Wildman–Crippen LogP) is 1.84. The Bertz CT molecular complexity index is 698. The zero-order chi connectivity index (χ0) is 21.3. The summed E-state index contributed by atoms with van der Waals surface area (Å²) in [5, 5.41) is 15.1. The van der Waals surface area contributed by atoms with Gasteiger partial charge in [0.1, 0.15) is 5.60 Å². The first-order valence-electron chi connectivity index (χ1n) is 9.03. The van der Waals surface area contributed by atoms with Crippen LogP contribution in [-0.2, 0) is 23.1 Å². The van der Waals surface area contributed by atoms with E-state index in [-0.39, 0.29) is 25.1 Å². The van der Waals surface area contributed by atoms with Crippen LogP contribution in [0.1, 0.15) is 41.0 Å². The average Bonchev–Trinajstić information content (AvgIpc) is 3.11. The second-order valence-electron chi connectivity index (χ2n) is 7.51. The van der Waals surface area contributed by atoms with E-state index in [1.165, 1.54) is 16.2 Å². The monoisotopic (exact) mass is 420 g/mol. The normalized spacial score (nSPS) is 24.8. The second-order valence-corrected chi connectivity index (χ2v) is 9.48. The van der Waals surface area contributed by atoms with Crippen LogP contribution < -0.4 is 10.9 Å². The van der Waals surface area contributed by atoms with E-state index in [1.54, 1.807) is 41.7 Å². The molecule has 0 radical (unpaired) electrons. The first-order chi connectivity index (χ1) is 12.9. The number of hydrazine groups is 2. The molecule has 28 heavy (non-hydrogen) atoms. The number of amides is 1. The topological polar surface area (TPSA) is 130 Å². The zero-order valence-electron chi connectivity index (χ0n) is 17.0. The van der Waals surface area contributed by atoms with E-state index < -0.39 is 36.8 Å². The Morgan fingerprint density at radius 3 is 2.39 bits per heavy atom. The molecule has 1 saturated carbocycles. The average molecular weight is 420 g/mol. The van der Waals surface area contributed by atoms with E-state index in [1.807, 2.05) is 0 Å². The molecule has 0 aromatic heterocycles. The first kappa shape index (κ1) is 22.5. The molecule has 12 heteroatoms. The number of nitrogens with zero attached hydrogens (tertiary/aromatic N) is 2. The fourth-order valence-corrected chi connectivity index (χ4v) is 4.57. The maximum Gasteiger partial charge on any atom is 0.408 e. The molecule has 2 aliphatic rings. The summed E-state index contributed by atoms with van der Waals surface area (Å²) in [5.41, 5.74) is 0.876. The summed E-state index contributed by atoms with van der Waals surface area (Å²) in [7, 11) is -1.96. The van der Waals surface area contributed by atoms with Gasteiger partial charge in [-0.3, -0.25) is 14.6 Å². The van der Waals surface area contributed by atoms with Gasteiger partial charge in [-0.15, -0.1) is 5.53 Å². The lowest BCUT2D eigenvalue weighted by Crippen LogP contribution is -2.52. The van der Waals surface area contributed by atoms with Crippen molar-refractivity contribution >= 4 is 19.7 Å². The number of carbonyl (C=O) groups excluding carboxylic acids is 1. The number of nitrogens with one attached hydrogen (secondary N) is 2. The number of hydrogen-bond donors (Lipinski definition) is 3. The van der Waals surface area contributed by atoms with Gasteiger partial charge in [-0.25, -0.2) is 9.59 Å². The summed E-state index contributed by atoms with van der Waals surface area (Å²) in [6.07, 6.45) is 0.807. The SMILES string of the molecule is CCOP(=O)(OCC)C1=CN(C2CC2(NC(=O)OC(C)(C)C)C(=O)O)NN1C. The second kappa shape index (κ2) is 7.90. The van der Waals surface area contributed by atoms with Crippen LogP contribution in [-0.4, -0.2) is 64.6 Å². The number of aliphatic carboxylic acids is 1. The van der Waals surface area contributed by atoms with Gasteiger partial charge in [0.2, 0.25) is 0 Å². The van der Waals surface area contributed by atoms with Crippen molar-refractivity contribution in [2.24, 2.45) is 0 Å². The van der Waals surface area contributed by atoms with Gasteiger partial charge in [-0.05, 0) is 34.6 Å².